The Morgan fingerprint density at radius 3 is 2.06 bits per heavy atom. The number of hydrogen-bond acceptors (Lipinski definition) is 2. The van der Waals surface area contributed by atoms with Crippen molar-refractivity contribution in [3.05, 3.63) is 58.9 Å². The van der Waals surface area contributed by atoms with Gasteiger partial charge in [-0.1, -0.05) is 58.9 Å². The summed E-state index contributed by atoms with van der Waals surface area (Å²) >= 11 is 0. The predicted molar refractivity (Wildman–Crippen MR) is 150 cm³/mol. The molecule has 2 aromatic carbocycles. The average molecular weight is 483 g/mol. The van der Waals surface area contributed by atoms with Crippen molar-refractivity contribution in [2.75, 3.05) is 0 Å². The molecule has 4 nitrogen and oxygen atoms in total. The molecular formula is C32H42N4. The summed E-state index contributed by atoms with van der Waals surface area (Å²) in [5, 5.41) is 12.6. The van der Waals surface area contributed by atoms with Crippen LogP contribution in [0.2, 0.25) is 0 Å². The van der Waals surface area contributed by atoms with E-state index in [1.807, 2.05) is 0 Å². The third-order valence-electron chi connectivity index (χ3n) is 9.07. The van der Waals surface area contributed by atoms with Gasteiger partial charge in [-0.25, -0.2) is 0 Å². The van der Waals surface area contributed by atoms with Crippen LogP contribution in [0.5, 0.6) is 0 Å². The van der Waals surface area contributed by atoms with Gasteiger partial charge < -0.3 is 0 Å². The second-order valence-electron chi connectivity index (χ2n) is 13.4. The molecule has 0 spiro atoms. The summed E-state index contributed by atoms with van der Waals surface area (Å²) in [5.74, 6) is 1.47. The minimum absolute atomic E-state index is 0.106. The number of rotatable bonds is 6. The van der Waals surface area contributed by atoms with Crippen molar-refractivity contribution in [3.8, 4) is 0 Å². The molecule has 0 radical (unpaired) electrons. The van der Waals surface area contributed by atoms with Crippen LogP contribution in [-0.2, 0) is 17.4 Å². The highest BCUT2D eigenvalue weighted by atomic mass is 15.3. The fourth-order valence-corrected chi connectivity index (χ4v) is 6.35. The maximum Gasteiger partial charge on any atom is 0.0691 e. The standard InChI is InChI=1S/C32H42N4/c1-20-26-14-12-25(17-29(26)35(33-20)19-22-8-9-22)32(6,7)18-23-10-15-28(23)36-30-16-24(31(3,4)5)11-13-27(30)21(2)34-36/h11-14,16-17,22-23,28H,8-10,15,18-19H2,1-7H3. The number of hydrogen-bond donors (Lipinski definition) is 0. The molecular weight excluding hydrogens is 440 g/mol. The molecule has 36 heavy (non-hydrogen) atoms. The van der Waals surface area contributed by atoms with Crippen molar-refractivity contribution in [2.24, 2.45) is 11.8 Å². The Morgan fingerprint density at radius 1 is 0.778 bits per heavy atom. The van der Waals surface area contributed by atoms with Crippen molar-refractivity contribution in [3.63, 3.8) is 0 Å². The Hall–Kier alpha value is -2.62. The normalized spacial score (nSPS) is 20.9. The van der Waals surface area contributed by atoms with Gasteiger partial charge in [-0.15, -0.1) is 0 Å². The van der Waals surface area contributed by atoms with Crippen molar-refractivity contribution in [1.82, 2.24) is 19.6 Å². The molecule has 2 heterocycles. The van der Waals surface area contributed by atoms with Crippen LogP contribution < -0.4 is 0 Å². The van der Waals surface area contributed by atoms with Gasteiger partial charge >= 0.3 is 0 Å². The minimum Gasteiger partial charge on any atom is -0.264 e. The Bertz CT molecular complexity index is 1440. The highest BCUT2D eigenvalue weighted by molar-refractivity contribution is 5.83. The average Bonchev–Trinajstić information content (AvgIpc) is 3.50. The van der Waals surface area contributed by atoms with E-state index >= 15 is 0 Å². The lowest BCUT2D eigenvalue weighted by Crippen LogP contribution is -2.35. The number of benzene rings is 2. The molecule has 0 amide bonds. The van der Waals surface area contributed by atoms with Gasteiger partial charge in [0.2, 0.25) is 0 Å². The molecule has 4 heteroatoms. The van der Waals surface area contributed by atoms with Crippen LogP contribution in [0.15, 0.2) is 36.4 Å². The smallest absolute Gasteiger partial charge is 0.0691 e. The first-order valence-corrected chi connectivity index (χ1v) is 14.0. The Kier molecular flexibility index (Phi) is 5.41. The molecule has 190 valence electrons. The molecule has 2 fully saturated rings. The van der Waals surface area contributed by atoms with Crippen molar-refractivity contribution in [1.29, 1.82) is 0 Å². The fourth-order valence-electron chi connectivity index (χ4n) is 6.35. The molecule has 6 rings (SSSR count). The summed E-state index contributed by atoms with van der Waals surface area (Å²) in [6, 6.07) is 14.6. The van der Waals surface area contributed by atoms with Crippen LogP contribution in [0, 0.1) is 25.7 Å². The van der Waals surface area contributed by atoms with Crippen molar-refractivity contribution >= 4 is 21.8 Å². The van der Waals surface area contributed by atoms with Gasteiger partial charge in [0.05, 0.1) is 28.5 Å². The fraction of sp³-hybridized carbons (Fsp3) is 0.562. The Balaban J connectivity index is 1.29. The summed E-state index contributed by atoms with van der Waals surface area (Å²) in [6.45, 7) is 17.1. The third kappa shape index (κ3) is 4.07. The van der Waals surface area contributed by atoms with E-state index in [0.29, 0.717) is 12.0 Å². The SMILES string of the molecule is Cc1nn(CC2CC2)c2cc(C(C)(C)CC3CCC3n3nc(C)c4ccc(C(C)(C)C)cc43)ccc12. The third-order valence-corrected chi connectivity index (χ3v) is 9.07. The minimum atomic E-state index is 0.106. The van der Waals surface area contributed by atoms with Gasteiger partial charge in [-0.05, 0) is 91.9 Å². The first kappa shape index (κ1) is 23.8. The molecule has 4 aromatic rings. The lowest BCUT2D eigenvalue weighted by Gasteiger charge is -2.42. The number of aryl methyl sites for hydroxylation is 2. The molecule has 2 atom stereocenters. The van der Waals surface area contributed by atoms with Crippen LogP contribution in [0.3, 0.4) is 0 Å². The molecule has 2 unspecified atom stereocenters. The van der Waals surface area contributed by atoms with Crippen LogP contribution in [0.25, 0.3) is 21.8 Å². The van der Waals surface area contributed by atoms with Gasteiger partial charge in [0.15, 0.2) is 0 Å². The first-order chi connectivity index (χ1) is 17.0. The highest BCUT2D eigenvalue weighted by Gasteiger charge is 2.38. The van der Waals surface area contributed by atoms with Crippen LogP contribution in [0.1, 0.15) is 95.3 Å². The predicted octanol–water partition coefficient (Wildman–Crippen LogP) is 8.03. The highest BCUT2D eigenvalue weighted by Crippen LogP contribution is 2.47. The van der Waals surface area contributed by atoms with Crippen molar-refractivity contribution in [2.45, 2.75) is 104 Å². The van der Waals surface area contributed by atoms with Crippen LogP contribution in [0.4, 0.5) is 0 Å². The second-order valence-corrected chi connectivity index (χ2v) is 13.4. The maximum absolute atomic E-state index is 5.08. The molecule has 2 aliphatic carbocycles. The zero-order valence-electron chi connectivity index (χ0n) is 23.2. The zero-order valence-corrected chi connectivity index (χ0v) is 23.2. The largest absolute Gasteiger partial charge is 0.264 e. The lowest BCUT2D eigenvalue weighted by molar-refractivity contribution is 0.135. The van der Waals surface area contributed by atoms with Gasteiger partial charge in [0.25, 0.3) is 0 Å². The van der Waals surface area contributed by atoms with Gasteiger partial charge in [-0.3, -0.25) is 9.36 Å². The monoisotopic (exact) mass is 482 g/mol. The number of nitrogens with zero attached hydrogens (tertiary/aromatic N) is 4. The summed E-state index contributed by atoms with van der Waals surface area (Å²) in [6.07, 6.45) is 6.40. The summed E-state index contributed by atoms with van der Waals surface area (Å²) in [7, 11) is 0. The van der Waals surface area contributed by atoms with E-state index in [9.17, 15) is 0 Å². The van der Waals surface area contributed by atoms with Crippen molar-refractivity contribution < 1.29 is 0 Å². The molecule has 0 aliphatic heterocycles. The summed E-state index contributed by atoms with van der Waals surface area (Å²) in [4.78, 5) is 0. The van der Waals surface area contributed by atoms with Crippen LogP contribution in [-0.4, -0.2) is 19.6 Å². The van der Waals surface area contributed by atoms with Gasteiger partial charge in [0.1, 0.15) is 0 Å². The second kappa shape index (κ2) is 8.19. The Morgan fingerprint density at radius 2 is 1.42 bits per heavy atom. The topological polar surface area (TPSA) is 35.6 Å². The van der Waals surface area contributed by atoms with E-state index in [1.54, 1.807) is 0 Å². The van der Waals surface area contributed by atoms with Gasteiger partial charge in [0, 0.05) is 17.3 Å². The molecule has 2 aromatic heterocycles. The molecule has 0 saturated heterocycles. The van der Waals surface area contributed by atoms with E-state index in [2.05, 4.69) is 94.2 Å². The molecule has 0 bridgehead atoms. The first-order valence-electron chi connectivity index (χ1n) is 14.0. The van der Waals surface area contributed by atoms with E-state index < -0.39 is 0 Å². The maximum atomic E-state index is 5.08. The quantitative estimate of drug-likeness (QED) is 0.279. The van der Waals surface area contributed by atoms with E-state index in [-0.39, 0.29) is 10.8 Å². The van der Waals surface area contributed by atoms with E-state index in [0.717, 1.165) is 23.9 Å². The van der Waals surface area contributed by atoms with E-state index in [4.69, 9.17) is 10.2 Å². The number of aromatic nitrogens is 4. The molecule has 2 saturated carbocycles. The summed E-state index contributed by atoms with van der Waals surface area (Å²) in [5.41, 5.74) is 8.01. The lowest BCUT2D eigenvalue weighted by atomic mass is 9.68. The molecule has 2 aliphatic rings. The summed E-state index contributed by atoms with van der Waals surface area (Å²) < 4.78 is 4.65. The number of fused-ring (bicyclic) bond motifs is 2. The van der Waals surface area contributed by atoms with Crippen LogP contribution >= 0.6 is 0 Å². The Labute approximate surface area is 216 Å². The zero-order chi connectivity index (χ0) is 25.4. The van der Waals surface area contributed by atoms with E-state index in [1.165, 1.54) is 65.0 Å². The van der Waals surface area contributed by atoms with Gasteiger partial charge in [-0.2, -0.15) is 10.2 Å². The molecule has 0 N–H and O–H groups in total.